The summed E-state index contributed by atoms with van der Waals surface area (Å²) in [7, 11) is 2.23. The van der Waals surface area contributed by atoms with Crippen LogP contribution in [0.4, 0.5) is 0 Å². The number of piperidine rings is 2. The number of rotatable bonds is 2. The van der Waals surface area contributed by atoms with E-state index < -0.39 is 0 Å². The Morgan fingerprint density at radius 3 is 2.86 bits per heavy atom. The summed E-state index contributed by atoms with van der Waals surface area (Å²) in [6, 6.07) is 7.23. The molecule has 0 saturated carbocycles. The second-order valence-electron chi connectivity index (χ2n) is 6.65. The number of carbonyl (C=O) groups is 1. The molecule has 0 radical (unpaired) electrons. The van der Waals surface area contributed by atoms with Crippen LogP contribution in [0.2, 0.25) is 0 Å². The Morgan fingerprint density at radius 2 is 2.09 bits per heavy atom. The number of amides is 1. The highest BCUT2D eigenvalue weighted by atomic mass is 16.1. The van der Waals surface area contributed by atoms with Crippen molar-refractivity contribution < 1.29 is 4.79 Å². The second-order valence-corrected chi connectivity index (χ2v) is 6.65. The Morgan fingerprint density at radius 1 is 1.32 bits per heavy atom. The predicted octanol–water partition coefficient (Wildman–Crippen LogP) is 2.31. The summed E-state index contributed by atoms with van der Waals surface area (Å²) < 4.78 is 0. The summed E-state index contributed by atoms with van der Waals surface area (Å²) in [6.45, 7) is 0. The Kier molecular flexibility index (Phi) is 3.37. The molecular formula is C17H22N4O. The van der Waals surface area contributed by atoms with Crippen LogP contribution >= 0.6 is 0 Å². The lowest BCUT2D eigenvalue weighted by molar-refractivity contribution is 0.0463. The zero-order valence-electron chi connectivity index (χ0n) is 12.9. The van der Waals surface area contributed by atoms with Crippen molar-refractivity contribution in [2.45, 2.75) is 50.2 Å². The summed E-state index contributed by atoms with van der Waals surface area (Å²) in [4.78, 5) is 22.5. The first kappa shape index (κ1) is 13.8. The Balaban J connectivity index is 1.52. The SMILES string of the molecule is CN1[C@H]2CCC[C@H]1CC(NC(=O)c1cccc3[nH]cnc13)C2. The fourth-order valence-electron chi connectivity index (χ4n) is 4.15. The zero-order chi connectivity index (χ0) is 15.1. The van der Waals surface area contributed by atoms with Crippen molar-refractivity contribution in [3.05, 3.63) is 30.1 Å². The van der Waals surface area contributed by atoms with E-state index in [0.29, 0.717) is 17.6 Å². The molecule has 0 unspecified atom stereocenters. The van der Waals surface area contributed by atoms with Gasteiger partial charge in [-0.05, 0) is 44.9 Å². The molecule has 5 heteroatoms. The van der Waals surface area contributed by atoms with Crippen LogP contribution in [0.5, 0.6) is 0 Å². The first-order valence-corrected chi connectivity index (χ1v) is 8.17. The molecule has 2 fully saturated rings. The highest BCUT2D eigenvalue weighted by Gasteiger charge is 2.36. The van der Waals surface area contributed by atoms with Gasteiger partial charge in [-0.25, -0.2) is 4.98 Å². The molecule has 1 amide bonds. The normalized spacial score (nSPS) is 28.7. The monoisotopic (exact) mass is 298 g/mol. The van der Waals surface area contributed by atoms with Crippen LogP contribution in [0.25, 0.3) is 11.0 Å². The van der Waals surface area contributed by atoms with E-state index in [0.717, 1.165) is 23.9 Å². The number of hydrogen-bond acceptors (Lipinski definition) is 3. The molecule has 4 rings (SSSR count). The molecule has 22 heavy (non-hydrogen) atoms. The fourth-order valence-corrected chi connectivity index (χ4v) is 4.15. The van der Waals surface area contributed by atoms with Gasteiger partial charge in [-0.2, -0.15) is 0 Å². The number of fused-ring (bicyclic) bond motifs is 3. The maximum atomic E-state index is 12.6. The molecule has 0 spiro atoms. The number of nitrogens with one attached hydrogen (secondary N) is 2. The first-order valence-electron chi connectivity index (χ1n) is 8.17. The van der Waals surface area contributed by atoms with Gasteiger partial charge in [0.25, 0.3) is 5.91 Å². The van der Waals surface area contributed by atoms with Crippen molar-refractivity contribution in [2.75, 3.05) is 7.05 Å². The van der Waals surface area contributed by atoms with Crippen LogP contribution in [0.1, 0.15) is 42.5 Å². The number of para-hydroxylation sites is 1. The topological polar surface area (TPSA) is 61.0 Å². The minimum Gasteiger partial charge on any atom is -0.349 e. The van der Waals surface area contributed by atoms with E-state index in [9.17, 15) is 4.79 Å². The van der Waals surface area contributed by atoms with E-state index in [4.69, 9.17) is 0 Å². The largest absolute Gasteiger partial charge is 0.349 e. The minimum atomic E-state index is 0.00493. The van der Waals surface area contributed by atoms with Gasteiger partial charge in [0, 0.05) is 18.1 Å². The predicted molar refractivity (Wildman–Crippen MR) is 85.8 cm³/mol. The number of H-pyrrole nitrogens is 1. The molecule has 2 saturated heterocycles. The highest BCUT2D eigenvalue weighted by Crippen LogP contribution is 2.32. The van der Waals surface area contributed by atoms with Crippen molar-refractivity contribution in [2.24, 2.45) is 0 Å². The summed E-state index contributed by atoms with van der Waals surface area (Å²) in [5, 5.41) is 3.25. The number of aromatic nitrogens is 2. The van der Waals surface area contributed by atoms with Crippen molar-refractivity contribution in [3.63, 3.8) is 0 Å². The first-order chi connectivity index (χ1) is 10.7. The van der Waals surface area contributed by atoms with Crippen LogP contribution < -0.4 is 5.32 Å². The zero-order valence-corrected chi connectivity index (χ0v) is 12.9. The smallest absolute Gasteiger partial charge is 0.253 e. The standard InChI is InChI=1S/C17H22N4O/c1-21-12-4-2-5-13(21)9-11(8-12)20-17(22)14-6-3-7-15-16(14)19-10-18-15/h3,6-7,10-13H,2,4-5,8-9H2,1H3,(H,18,19)(H,20,22)/t12-,13-/m0/s1. The molecule has 2 aliphatic rings. The number of aromatic amines is 1. The number of nitrogens with zero attached hydrogens (tertiary/aromatic N) is 2. The summed E-state index contributed by atoms with van der Waals surface area (Å²) >= 11 is 0. The lowest BCUT2D eigenvalue weighted by atomic mass is 9.82. The summed E-state index contributed by atoms with van der Waals surface area (Å²) in [6.07, 6.45) is 7.61. The van der Waals surface area contributed by atoms with Gasteiger partial charge in [-0.15, -0.1) is 0 Å². The third kappa shape index (κ3) is 2.29. The molecule has 2 bridgehead atoms. The molecule has 5 nitrogen and oxygen atoms in total. The quantitative estimate of drug-likeness (QED) is 0.894. The van der Waals surface area contributed by atoms with Crippen LogP contribution in [-0.2, 0) is 0 Å². The maximum Gasteiger partial charge on any atom is 0.253 e. The van der Waals surface area contributed by atoms with Gasteiger partial charge in [0.05, 0.1) is 17.4 Å². The van der Waals surface area contributed by atoms with Gasteiger partial charge < -0.3 is 15.2 Å². The summed E-state index contributed by atoms with van der Waals surface area (Å²) in [5.74, 6) is 0.00493. The van der Waals surface area contributed by atoms with Crippen LogP contribution in [0, 0.1) is 0 Å². The van der Waals surface area contributed by atoms with Crippen LogP contribution in [0.3, 0.4) is 0 Å². The lowest BCUT2D eigenvalue weighted by Crippen LogP contribution is -2.55. The van der Waals surface area contributed by atoms with Crippen LogP contribution in [-0.4, -0.2) is 45.9 Å². The molecule has 2 N–H and O–H groups in total. The van der Waals surface area contributed by atoms with E-state index >= 15 is 0 Å². The molecule has 1 aromatic heterocycles. The molecule has 116 valence electrons. The number of carbonyl (C=O) groups excluding carboxylic acids is 1. The van der Waals surface area contributed by atoms with Gasteiger partial charge in [0.1, 0.15) is 5.52 Å². The average Bonchev–Trinajstić information content (AvgIpc) is 2.96. The van der Waals surface area contributed by atoms with E-state index in [1.165, 1.54) is 19.3 Å². The lowest BCUT2D eigenvalue weighted by Gasteiger charge is -2.47. The Labute approximate surface area is 130 Å². The van der Waals surface area contributed by atoms with Crippen molar-refractivity contribution in [1.29, 1.82) is 0 Å². The van der Waals surface area contributed by atoms with E-state index in [2.05, 4.69) is 27.2 Å². The average molecular weight is 298 g/mol. The molecule has 2 aliphatic heterocycles. The van der Waals surface area contributed by atoms with Crippen LogP contribution in [0.15, 0.2) is 24.5 Å². The van der Waals surface area contributed by atoms with Gasteiger partial charge in [-0.3, -0.25) is 4.79 Å². The second kappa shape index (κ2) is 5.39. The van der Waals surface area contributed by atoms with E-state index in [-0.39, 0.29) is 11.9 Å². The Bertz CT molecular complexity index is 681. The Hall–Kier alpha value is -1.88. The van der Waals surface area contributed by atoms with Gasteiger partial charge >= 0.3 is 0 Å². The number of hydrogen-bond donors (Lipinski definition) is 2. The van der Waals surface area contributed by atoms with Crippen molar-refractivity contribution in [3.8, 4) is 0 Å². The summed E-state index contributed by atoms with van der Waals surface area (Å²) in [5.41, 5.74) is 2.34. The number of imidazole rings is 1. The highest BCUT2D eigenvalue weighted by molar-refractivity contribution is 6.04. The van der Waals surface area contributed by atoms with Gasteiger partial charge in [-0.1, -0.05) is 12.5 Å². The van der Waals surface area contributed by atoms with E-state index in [1.54, 1.807) is 6.33 Å². The molecule has 2 aromatic rings. The van der Waals surface area contributed by atoms with Crippen molar-refractivity contribution in [1.82, 2.24) is 20.2 Å². The molecular weight excluding hydrogens is 276 g/mol. The maximum absolute atomic E-state index is 12.6. The minimum absolute atomic E-state index is 0.00493. The fraction of sp³-hybridized carbons (Fsp3) is 0.529. The molecule has 3 heterocycles. The van der Waals surface area contributed by atoms with Gasteiger partial charge in [0.2, 0.25) is 0 Å². The van der Waals surface area contributed by atoms with E-state index in [1.807, 2.05) is 18.2 Å². The third-order valence-electron chi connectivity index (χ3n) is 5.37. The third-order valence-corrected chi connectivity index (χ3v) is 5.37. The molecule has 0 aliphatic carbocycles. The molecule has 1 aromatic carbocycles. The van der Waals surface area contributed by atoms with Gasteiger partial charge in [0.15, 0.2) is 0 Å². The number of benzene rings is 1. The molecule has 2 atom stereocenters. The van der Waals surface area contributed by atoms with Crippen molar-refractivity contribution >= 4 is 16.9 Å².